The van der Waals surface area contributed by atoms with Crippen molar-refractivity contribution in [1.29, 1.82) is 0 Å². The van der Waals surface area contributed by atoms with Gasteiger partial charge in [0.2, 0.25) is 5.91 Å². The van der Waals surface area contributed by atoms with Gasteiger partial charge in [-0.05, 0) is 62.9 Å². The Kier molecular flexibility index (Phi) is 7.72. The molecule has 0 spiro atoms. The fraction of sp³-hybridized carbons (Fsp3) is 0.520. The number of hydrogen-bond acceptors (Lipinski definition) is 7. The molecule has 3 amide bonds. The second kappa shape index (κ2) is 10.8. The third-order valence-electron chi connectivity index (χ3n) is 6.69. The molecule has 2 heterocycles. The van der Waals surface area contributed by atoms with Gasteiger partial charge in [0.25, 0.3) is 0 Å². The molecule has 0 atom stereocenters. The fourth-order valence-electron chi connectivity index (χ4n) is 4.53. The number of benzene rings is 1. The van der Waals surface area contributed by atoms with Crippen LogP contribution in [0, 0.1) is 5.92 Å². The standard InChI is InChI=1S/C25H36N8O3/c1-25(2,27)22(34)31-9-11-32(12-10-31)23(35)29-21-7-8-33(24(36)30-21)20-5-3-17(4-6-20)15-28-16-18-13-19(26)14-18/h3-8,18-19,28H,9-16,26-27H2,1-2H3,(H,29,30,35,36)/t18-,19+. The Morgan fingerprint density at radius 1 is 1.06 bits per heavy atom. The van der Waals surface area contributed by atoms with Crippen molar-refractivity contribution in [2.24, 2.45) is 17.4 Å². The Hall–Kier alpha value is -3.28. The number of nitrogens with two attached hydrogens (primary N) is 2. The van der Waals surface area contributed by atoms with Crippen LogP contribution in [0.1, 0.15) is 32.3 Å². The summed E-state index contributed by atoms with van der Waals surface area (Å²) in [6.07, 6.45) is 3.77. The van der Waals surface area contributed by atoms with Gasteiger partial charge in [0.05, 0.1) is 11.2 Å². The second-order valence-electron chi connectivity index (χ2n) is 10.3. The maximum absolute atomic E-state index is 12.6. The molecule has 36 heavy (non-hydrogen) atoms. The zero-order chi connectivity index (χ0) is 25.9. The normalized spacial score (nSPS) is 20.1. The quantitative estimate of drug-likeness (QED) is 0.435. The van der Waals surface area contributed by atoms with Crippen LogP contribution in [-0.2, 0) is 11.3 Å². The maximum Gasteiger partial charge on any atom is 0.354 e. The molecule has 2 aliphatic rings. The fourth-order valence-corrected chi connectivity index (χ4v) is 4.53. The monoisotopic (exact) mass is 496 g/mol. The number of anilines is 1. The zero-order valence-corrected chi connectivity index (χ0v) is 20.9. The number of carbonyl (C=O) groups excluding carboxylic acids is 2. The zero-order valence-electron chi connectivity index (χ0n) is 20.9. The van der Waals surface area contributed by atoms with Crippen LogP contribution in [0.3, 0.4) is 0 Å². The second-order valence-corrected chi connectivity index (χ2v) is 10.3. The van der Waals surface area contributed by atoms with E-state index in [-0.39, 0.29) is 17.8 Å². The first-order valence-electron chi connectivity index (χ1n) is 12.4. The molecule has 1 saturated heterocycles. The van der Waals surface area contributed by atoms with Crippen LogP contribution in [-0.4, -0.2) is 75.6 Å². The van der Waals surface area contributed by atoms with Gasteiger partial charge in [0.15, 0.2) is 0 Å². The summed E-state index contributed by atoms with van der Waals surface area (Å²) in [6, 6.07) is 9.30. The number of amides is 3. The minimum absolute atomic E-state index is 0.143. The minimum Gasteiger partial charge on any atom is -0.338 e. The molecule has 0 radical (unpaired) electrons. The van der Waals surface area contributed by atoms with E-state index in [9.17, 15) is 14.4 Å². The van der Waals surface area contributed by atoms with Crippen molar-refractivity contribution in [1.82, 2.24) is 24.7 Å². The van der Waals surface area contributed by atoms with Gasteiger partial charge in [-0.25, -0.2) is 9.59 Å². The highest BCUT2D eigenvalue weighted by Gasteiger charge is 2.31. The first kappa shape index (κ1) is 25.8. The number of urea groups is 1. The van der Waals surface area contributed by atoms with Crippen molar-refractivity contribution < 1.29 is 9.59 Å². The maximum atomic E-state index is 12.6. The Morgan fingerprint density at radius 2 is 1.69 bits per heavy atom. The lowest BCUT2D eigenvalue weighted by molar-refractivity contribution is -0.137. The van der Waals surface area contributed by atoms with E-state index in [1.807, 2.05) is 24.3 Å². The summed E-state index contributed by atoms with van der Waals surface area (Å²) in [7, 11) is 0. The first-order chi connectivity index (χ1) is 17.1. The molecule has 194 valence electrons. The predicted molar refractivity (Wildman–Crippen MR) is 138 cm³/mol. The summed E-state index contributed by atoms with van der Waals surface area (Å²) in [5.74, 6) is 0.704. The lowest BCUT2D eigenvalue weighted by Gasteiger charge is -2.37. The number of piperazine rings is 1. The molecule has 1 aliphatic heterocycles. The van der Waals surface area contributed by atoms with Gasteiger partial charge in [-0.15, -0.1) is 0 Å². The highest BCUT2D eigenvalue weighted by molar-refractivity contribution is 5.89. The highest BCUT2D eigenvalue weighted by Crippen LogP contribution is 2.24. The van der Waals surface area contributed by atoms with Gasteiger partial charge in [-0.2, -0.15) is 4.98 Å². The van der Waals surface area contributed by atoms with Gasteiger partial charge >= 0.3 is 11.7 Å². The molecule has 1 aromatic heterocycles. The van der Waals surface area contributed by atoms with E-state index in [0.29, 0.717) is 43.8 Å². The molecule has 0 bridgehead atoms. The number of nitrogens with zero attached hydrogens (tertiary/aromatic N) is 4. The highest BCUT2D eigenvalue weighted by atomic mass is 16.2. The van der Waals surface area contributed by atoms with E-state index in [1.54, 1.807) is 35.9 Å². The largest absolute Gasteiger partial charge is 0.354 e. The summed E-state index contributed by atoms with van der Waals surface area (Å²) in [5.41, 5.74) is 12.1. The number of rotatable bonds is 7. The van der Waals surface area contributed by atoms with Crippen LogP contribution in [0.2, 0.25) is 0 Å². The van der Waals surface area contributed by atoms with Gasteiger partial charge in [0.1, 0.15) is 5.82 Å². The molecule has 2 aromatic rings. The van der Waals surface area contributed by atoms with Crippen molar-refractivity contribution >= 4 is 17.8 Å². The molecule has 2 fully saturated rings. The number of hydrogen-bond donors (Lipinski definition) is 4. The Balaban J connectivity index is 1.28. The van der Waals surface area contributed by atoms with Gasteiger partial charge in [0, 0.05) is 45.0 Å². The van der Waals surface area contributed by atoms with E-state index in [2.05, 4.69) is 15.6 Å². The lowest BCUT2D eigenvalue weighted by atomic mass is 9.81. The van der Waals surface area contributed by atoms with Crippen LogP contribution in [0.4, 0.5) is 10.6 Å². The van der Waals surface area contributed by atoms with Crippen LogP contribution < -0.4 is 27.8 Å². The van der Waals surface area contributed by atoms with Crippen molar-refractivity contribution in [2.45, 2.75) is 44.8 Å². The summed E-state index contributed by atoms with van der Waals surface area (Å²) < 4.78 is 1.43. The Labute approximate surface area is 210 Å². The lowest BCUT2D eigenvalue weighted by Crippen LogP contribution is -2.58. The van der Waals surface area contributed by atoms with Gasteiger partial charge < -0.3 is 26.6 Å². The average molecular weight is 497 g/mol. The molecule has 1 aliphatic carbocycles. The molecular weight excluding hydrogens is 460 g/mol. The molecule has 6 N–H and O–H groups in total. The van der Waals surface area contributed by atoms with Crippen molar-refractivity contribution in [3.8, 4) is 5.69 Å². The molecule has 11 nitrogen and oxygen atoms in total. The SMILES string of the molecule is CC(C)(N)C(=O)N1CCN(C(=O)Nc2ccn(-c3ccc(CNC[C@H]4C[C@@H](N)C4)cc3)c(=O)n2)CC1. The minimum atomic E-state index is -0.944. The van der Waals surface area contributed by atoms with Gasteiger partial charge in [-0.1, -0.05) is 12.1 Å². The van der Waals surface area contributed by atoms with Crippen LogP contribution in [0.5, 0.6) is 0 Å². The third kappa shape index (κ3) is 6.28. The van der Waals surface area contributed by atoms with Crippen molar-refractivity contribution in [3.05, 3.63) is 52.6 Å². The van der Waals surface area contributed by atoms with Crippen LogP contribution in [0.25, 0.3) is 5.69 Å². The van der Waals surface area contributed by atoms with Crippen molar-refractivity contribution in [2.75, 3.05) is 38.0 Å². The van der Waals surface area contributed by atoms with E-state index < -0.39 is 11.2 Å². The predicted octanol–water partition coefficient (Wildman–Crippen LogP) is 0.473. The summed E-state index contributed by atoms with van der Waals surface area (Å²) in [5, 5.41) is 6.13. The number of aromatic nitrogens is 2. The number of nitrogens with one attached hydrogen (secondary N) is 2. The molecule has 11 heteroatoms. The van der Waals surface area contributed by atoms with Gasteiger partial charge in [-0.3, -0.25) is 14.7 Å². The molecule has 4 rings (SSSR count). The third-order valence-corrected chi connectivity index (χ3v) is 6.69. The number of carbonyl (C=O) groups is 2. The topological polar surface area (TPSA) is 152 Å². The summed E-state index contributed by atoms with van der Waals surface area (Å²) in [6.45, 7) is 6.62. The van der Waals surface area contributed by atoms with E-state index in [4.69, 9.17) is 11.5 Å². The molecular formula is C25H36N8O3. The van der Waals surface area contributed by atoms with E-state index >= 15 is 0 Å². The molecule has 0 unspecified atom stereocenters. The van der Waals surface area contributed by atoms with Crippen LogP contribution in [0.15, 0.2) is 41.3 Å². The Bertz CT molecular complexity index is 1130. The Morgan fingerprint density at radius 3 is 2.28 bits per heavy atom. The summed E-state index contributed by atoms with van der Waals surface area (Å²) in [4.78, 5) is 44.8. The van der Waals surface area contributed by atoms with Crippen molar-refractivity contribution in [3.63, 3.8) is 0 Å². The molecule has 1 aromatic carbocycles. The van der Waals surface area contributed by atoms with E-state index in [1.165, 1.54) is 4.57 Å². The van der Waals surface area contributed by atoms with Crippen LogP contribution >= 0.6 is 0 Å². The summed E-state index contributed by atoms with van der Waals surface area (Å²) >= 11 is 0. The van der Waals surface area contributed by atoms with E-state index in [0.717, 1.165) is 31.5 Å². The smallest absolute Gasteiger partial charge is 0.338 e. The first-order valence-corrected chi connectivity index (χ1v) is 12.4. The molecule has 1 saturated carbocycles. The average Bonchev–Trinajstić information content (AvgIpc) is 2.82.